The maximum Gasteiger partial charge on any atom is 0.0584 e. The van der Waals surface area contributed by atoms with Gasteiger partial charge in [-0.2, -0.15) is 0 Å². The van der Waals surface area contributed by atoms with E-state index in [-0.39, 0.29) is 0 Å². The van der Waals surface area contributed by atoms with Gasteiger partial charge in [-0.3, -0.25) is 4.90 Å². The Balaban J connectivity index is 2.31. The Kier molecular flexibility index (Phi) is 4.46. The predicted octanol–water partition coefficient (Wildman–Crippen LogP) is 2.06. The van der Waals surface area contributed by atoms with Crippen molar-refractivity contribution in [2.75, 3.05) is 26.7 Å². The van der Waals surface area contributed by atoms with Crippen LogP contribution in [0.3, 0.4) is 0 Å². The largest absolute Gasteiger partial charge is 0.381 e. The van der Waals surface area contributed by atoms with Crippen molar-refractivity contribution >= 4 is 0 Å². The van der Waals surface area contributed by atoms with Crippen LogP contribution in [0.5, 0.6) is 0 Å². The first-order valence-electron chi connectivity index (χ1n) is 5.12. The molecule has 0 saturated carbocycles. The zero-order chi connectivity index (χ0) is 9.68. The Hall–Kier alpha value is -0.340. The van der Waals surface area contributed by atoms with Crippen LogP contribution in [0, 0.1) is 0 Å². The second kappa shape index (κ2) is 5.40. The van der Waals surface area contributed by atoms with Crippen LogP contribution in [0.1, 0.15) is 26.2 Å². The van der Waals surface area contributed by atoms with Crippen molar-refractivity contribution in [2.45, 2.75) is 32.3 Å². The Bertz CT molecular complexity index is 167. The van der Waals surface area contributed by atoms with Gasteiger partial charge in [-0.1, -0.05) is 12.2 Å². The lowest BCUT2D eigenvalue weighted by Crippen LogP contribution is -2.26. The second-order valence-electron chi connectivity index (χ2n) is 4.02. The van der Waals surface area contributed by atoms with Crippen LogP contribution in [0.2, 0.25) is 0 Å². The summed E-state index contributed by atoms with van der Waals surface area (Å²) in [4.78, 5) is 2.47. The summed E-state index contributed by atoms with van der Waals surface area (Å²) in [7, 11) is 1.82. The minimum absolute atomic E-state index is 0.482. The first-order valence-corrected chi connectivity index (χ1v) is 5.12. The first-order chi connectivity index (χ1) is 6.22. The minimum Gasteiger partial charge on any atom is -0.381 e. The summed E-state index contributed by atoms with van der Waals surface area (Å²) in [6.07, 6.45) is 4.12. The molecule has 1 unspecified atom stereocenters. The van der Waals surface area contributed by atoms with Crippen LogP contribution < -0.4 is 0 Å². The average Bonchev–Trinajstić information content (AvgIpc) is 2.29. The third-order valence-corrected chi connectivity index (χ3v) is 2.59. The number of hydrogen-bond donors (Lipinski definition) is 0. The van der Waals surface area contributed by atoms with Gasteiger partial charge in [0.2, 0.25) is 0 Å². The highest BCUT2D eigenvalue weighted by Gasteiger charge is 2.15. The first kappa shape index (κ1) is 10.7. The fraction of sp³-hybridized carbons (Fsp3) is 0.818. The summed E-state index contributed by atoms with van der Waals surface area (Å²) in [5.74, 6) is 0. The van der Waals surface area contributed by atoms with E-state index in [1.165, 1.54) is 31.4 Å². The highest BCUT2D eigenvalue weighted by atomic mass is 16.5. The molecule has 0 bridgehead atoms. The standard InChI is InChI=1S/C11H21NO/c1-10(2)9-12-7-4-5-11(13-3)6-8-12/h11H,1,4-9H2,2-3H3. The van der Waals surface area contributed by atoms with Gasteiger partial charge in [-0.15, -0.1) is 0 Å². The third-order valence-electron chi connectivity index (χ3n) is 2.59. The summed E-state index contributed by atoms with van der Waals surface area (Å²) in [6.45, 7) is 9.45. The lowest BCUT2D eigenvalue weighted by Gasteiger charge is -2.19. The smallest absolute Gasteiger partial charge is 0.0584 e. The molecular formula is C11H21NO. The van der Waals surface area contributed by atoms with Crippen LogP contribution >= 0.6 is 0 Å². The third kappa shape index (κ3) is 3.92. The van der Waals surface area contributed by atoms with Gasteiger partial charge >= 0.3 is 0 Å². The molecule has 1 fully saturated rings. The minimum atomic E-state index is 0.482. The molecule has 0 amide bonds. The molecule has 1 rings (SSSR count). The molecule has 0 N–H and O–H groups in total. The van der Waals surface area contributed by atoms with Crippen molar-refractivity contribution < 1.29 is 4.74 Å². The Morgan fingerprint density at radius 1 is 1.46 bits per heavy atom. The quantitative estimate of drug-likeness (QED) is 0.621. The van der Waals surface area contributed by atoms with Crippen molar-refractivity contribution in [3.8, 4) is 0 Å². The number of ether oxygens (including phenoxy) is 1. The predicted molar refractivity (Wildman–Crippen MR) is 55.9 cm³/mol. The zero-order valence-corrected chi connectivity index (χ0v) is 8.88. The molecule has 0 aliphatic carbocycles. The second-order valence-corrected chi connectivity index (χ2v) is 4.02. The molecule has 76 valence electrons. The van der Waals surface area contributed by atoms with Crippen molar-refractivity contribution in [1.29, 1.82) is 0 Å². The van der Waals surface area contributed by atoms with Crippen LogP contribution in [0.4, 0.5) is 0 Å². The van der Waals surface area contributed by atoms with E-state index in [0.29, 0.717) is 6.10 Å². The van der Waals surface area contributed by atoms with Crippen molar-refractivity contribution in [3.05, 3.63) is 12.2 Å². The van der Waals surface area contributed by atoms with Crippen LogP contribution in [-0.2, 0) is 4.74 Å². The van der Waals surface area contributed by atoms with E-state index in [4.69, 9.17) is 4.74 Å². The molecule has 1 aliphatic rings. The van der Waals surface area contributed by atoms with E-state index in [9.17, 15) is 0 Å². The van der Waals surface area contributed by atoms with Gasteiger partial charge in [0.15, 0.2) is 0 Å². The van der Waals surface area contributed by atoms with Crippen LogP contribution in [0.15, 0.2) is 12.2 Å². The summed E-state index contributed by atoms with van der Waals surface area (Å²) in [5, 5.41) is 0. The molecule has 13 heavy (non-hydrogen) atoms. The SMILES string of the molecule is C=C(C)CN1CCCC(OC)CC1. The summed E-state index contributed by atoms with van der Waals surface area (Å²) >= 11 is 0. The molecule has 2 heteroatoms. The van der Waals surface area contributed by atoms with Gasteiger partial charge in [0.1, 0.15) is 0 Å². The number of methoxy groups -OCH3 is 1. The molecular weight excluding hydrogens is 162 g/mol. The van der Waals surface area contributed by atoms with Gasteiger partial charge < -0.3 is 4.74 Å². The fourth-order valence-electron chi connectivity index (χ4n) is 1.90. The maximum atomic E-state index is 5.38. The van der Waals surface area contributed by atoms with Gasteiger partial charge in [0.05, 0.1) is 6.10 Å². The number of hydrogen-bond acceptors (Lipinski definition) is 2. The van der Waals surface area contributed by atoms with E-state index in [0.717, 1.165) is 13.1 Å². The monoisotopic (exact) mass is 183 g/mol. The summed E-state index contributed by atoms with van der Waals surface area (Å²) in [5.41, 5.74) is 1.26. The van der Waals surface area contributed by atoms with E-state index in [1.807, 2.05) is 7.11 Å². The number of rotatable bonds is 3. The highest BCUT2D eigenvalue weighted by molar-refractivity contribution is 4.92. The van der Waals surface area contributed by atoms with Crippen molar-refractivity contribution in [3.63, 3.8) is 0 Å². The van der Waals surface area contributed by atoms with E-state index in [1.54, 1.807) is 0 Å². The normalized spacial score (nSPS) is 25.5. The van der Waals surface area contributed by atoms with Crippen molar-refractivity contribution in [2.24, 2.45) is 0 Å². The molecule has 0 aromatic rings. The molecule has 1 atom stereocenters. The molecule has 0 spiro atoms. The van der Waals surface area contributed by atoms with Gasteiger partial charge in [-0.25, -0.2) is 0 Å². The maximum absolute atomic E-state index is 5.38. The fourth-order valence-corrected chi connectivity index (χ4v) is 1.90. The molecule has 1 saturated heterocycles. The highest BCUT2D eigenvalue weighted by Crippen LogP contribution is 2.13. The van der Waals surface area contributed by atoms with Crippen molar-refractivity contribution in [1.82, 2.24) is 4.90 Å². The lowest BCUT2D eigenvalue weighted by molar-refractivity contribution is 0.0901. The molecule has 0 aromatic carbocycles. The van der Waals surface area contributed by atoms with Gasteiger partial charge in [0, 0.05) is 20.2 Å². The Labute approximate surface area is 81.6 Å². The molecule has 1 heterocycles. The Morgan fingerprint density at radius 3 is 2.85 bits per heavy atom. The van der Waals surface area contributed by atoms with E-state index >= 15 is 0 Å². The molecule has 0 aromatic heterocycles. The van der Waals surface area contributed by atoms with Crippen LogP contribution in [-0.4, -0.2) is 37.7 Å². The molecule has 2 nitrogen and oxygen atoms in total. The van der Waals surface area contributed by atoms with Gasteiger partial charge in [0.25, 0.3) is 0 Å². The summed E-state index contributed by atoms with van der Waals surface area (Å²) in [6, 6.07) is 0. The molecule has 0 radical (unpaired) electrons. The zero-order valence-electron chi connectivity index (χ0n) is 8.88. The summed E-state index contributed by atoms with van der Waals surface area (Å²) < 4.78 is 5.38. The molecule has 1 aliphatic heterocycles. The van der Waals surface area contributed by atoms with E-state index in [2.05, 4.69) is 18.4 Å². The Morgan fingerprint density at radius 2 is 2.23 bits per heavy atom. The van der Waals surface area contributed by atoms with Gasteiger partial charge in [-0.05, 0) is 32.7 Å². The lowest BCUT2D eigenvalue weighted by atomic mass is 10.2. The van der Waals surface area contributed by atoms with E-state index < -0.39 is 0 Å². The number of nitrogens with zero attached hydrogens (tertiary/aromatic N) is 1. The topological polar surface area (TPSA) is 12.5 Å². The van der Waals surface area contributed by atoms with Crippen LogP contribution in [0.25, 0.3) is 0 Å². The average molecular weight is 183 g/mol. The number of likely N-dealkylation sites (tertiary alicyclic amines) is 1.